The van der Waals surface area contributed by atoms with Gasteiger partial charge in [-0.15, -0.1) is 5.10 Å². The van der Waals surface area contributed by atoms with Gasteiger partial charge in [0.15, 0.2) is 11.2 Å². The van der Waals surface area contributed by atoms with Gasteiger partial charge in [-0.1, -0.05) is 35.5 Å². The van der Waals surface area contributed by atoms with Crippen LogP contribution in [0, 0.1) is 0 Å². The Morgan fingerprint density at radius 3 is 2.15 bits per heavy atom. The first kappa shape index (κ1) is 72.5. The molecule has 5 aromatic heterocycles. The molecule has 2 aliphatic heterocycles. The summed E-state index contributed by atoms with van der Waals surface area (Å²) in [4.78, 5) is 99.6. The van der Waals surface area contributed by atoms with Crippen molar-refractivity contribution in [1.29, 1.82) is 0 Å². The number of nitrogen functional groups attached to an aromatic ring is 1. The minimum Gasteiger partial charge on any atom is -0.486 e. The zero-order valence-corrected chi connectivity index (χ0v) is 56.2. The number of ether oxygens (including phenoxy) is 8. The van der Waals surface area contributed by atoms with E-state index in [2.05, 4.69) is 35.6 Å². The van der Waals surface area contributed by atoms with Gasteiger partial charge < -0.3 is 78.2 Å². The standard InChI is InChI=1S/C69H79F2N17O14/c1-83(42-51-40-73-63-62(76-51)65(92)80-68(72)79-63)52-15-11-46(12-16-52)64(91)78-56(66(93)94)18-14-50-43-86(82-81-50)24-25-95-26-27-96-28-29-97-30-31-98-32-33-99-34-35-100-45-61(90)84-20-22-85(23-21-84)69-74-38-49(39-75-69)47-13-17-55-57(36-47)88(41-48-6-2-3-9-58(48)102-67(70)71)59(77-55)44-101-54-8-4-7-53(37-54)87-19-5-10-60(87)89/h2-4,6-9,11-13,15-17,36-40,43,56,67H,5,10,14,18-35,41-42,44-45H2,1H3,(H,78,91)(H,93,94)(H3,72,73,79,80,92)/t56-/m0/s1. The van der Waals surface area contributed by atoms with Gasteiger partial charge in [-0.2, -0.15) is 13.8 Å². The molecule has 4 aromatic carbocycles. The summed E-state index contributed by atoms with van der Waals surface area (Å²) in [6.07, 6.45) is 8.35. The minimum absolute atomic E-state index is 0.0507. The molecule has 7 heterocycles. The predicted octanol–water partition coefficient (Wildman–Crippen LogP) is 4.95. The maximum Gasteiger partial charge on any atom is 0.387 e. The van der Waals surface area contributed by atoms with Crippen molar-refractivity contribution in [2.24, 2.45) is 0 Å². The van der Waals surface area contributed by atoms with E-state index < -0.39 is 30.1 Å². The van der Waals surface area contributed by atoms with E-state index in [1.165, 1.54) is 12.3 Å². The first-order chi connectivity index (χ1) is 49.7. The SMILES string of the molecule is CN(Cc1cnc2nc(N)[nH]c(=O)c2n1)c1ccc(C(=O)N[C@@H](CCc2cn(CCOCCOCCOCCOCCOCCOCC(=O)N3CCN(c4ncc(-c5ccc6nc(COc7cccc(N8CCCC8=O)c7)n(Cc7ccccc7OC(F)F)c6c5)cn4)CC3)nn2)C(=O)O)cc1. The Morgan fingerprint density at radius 2 is 1.45 bits per heavy atom. The van der Waals surface area contributed by atoms with E-state index in [0.717, 1.165) is 34.4 Å². The molecular weight excluding hydrogens is 1330 g/mol. The summed E-state index contributed by atoms with van der Waals surface area (Å²) >= 11 is 0. The number of carbonyl (C=O) groups excluding carboxylic acids is 3. The van der Waals surface area contributed by atoms with E-state index in [0.29, 0.717) is 158 Å². The monoisotopic (exact) mass is 1410 g/mol. The zero-order valence-electron chi connectivity index (χ0n) is 56.2. The predicted molar refractivity (Wildman–Crippen MR) is 367 cm³/mol. The average Bonchev–Trinajstić information content (AvgIpc) is 1.60. The summed E-state index contributed by atoms with van der Waals surface area (Å²) in [5.74, 6) is -0.156. The molecular formula is C69H79F2N17O14. The van der Waals surface area contributed by atoms with Gasteiger partial charge in [0.2, 0.25) is 23.7 Å². The number of rotatable bonds is 39. The zero-order chi connectivity index (χ0) is 71.2. The fourth-order valence-corrected chi connectivity index (χ4v) is 11.4. The van der Waals surface area contributed by atoms with Crippen LogP contribution in [0.15, 0.2) is 121 Å². The van der Waals surface area contributed by atoms with Crippen molar-refractivity contribution in [3.63, 3.8) is 0 Å². The highest BCUT2D eigenvalue weighted by Crippen LogP contribution is 2.31. The third-order valence-electron chi connectivity index (χ3n) is 16.7. The third kappa shape index (κ3) is 20.3. The van der Waals surface area contributed by atoms with Crippen molar-refractivity contribution < 1.29 is 71.0 Å². The second-order valence-corrected chi connectivity index (χ2v) is 23.8. The van der Waals surface area contributed by atoms with Crippen molar-refractivity contribution in [3.05, 3.63) is 154 Å². The maximum absolute atomic E-state index is 13.5. The molecule has 5 N–H and O–H groups in total. The Balaban J connectivity index is 0.501. The molecule has 102 heavy (non-hydrogen) atoms. The van der Waals surface area contributed by atoms with Crippen LogP contribution in [-0.4, -0.2) is 220 Å². The number of para-hydroxylation sites is 1. The van der Waals surface area contributed by atoms with E-state index in [1.54, 1.807) is 82.6 Å². The number of piperazine rings is 1. The number of nitrogens with one attached hydrogen (secondary N) is 2. The second kappa shape index (κ2) is 36.1. The highest BCUT2D eigenvalue weighted by atomic mass is 19.3. The Hall–Kier alpha value is -10.7. The van der Waals surface area contributed by atoms with Crippen molar-refractivity contribution in [3.8, 4) is 22.6 Å². The van der Waals surface area contributed by atoms with Crippen LogP contribution in [0.4, 0.5) is 32.1 Å². The minimum atomic E-state index is -3.01. The van der Waals surface area contributed by atoms with Crippen molar-refractivity contribution >= 4 is 69.2 Å². The number of benzene rings is 4. The average molecular weight is 1410 g/mol. The van der Waals surface area contributed by atoms with Gasteiger partial charge in [0.25, 0.3) is 11.5 Å². The number of carbonyl (C=O) groups is 4. The number of alkyl halides is 2. The molecule has 9 aromatic rings. The summed E-state index contributed by atoms with van der Waals surface area (Å²) < 4.78 is 75.4. The lowest BCUT2D eigenvalue weighted by atomic mass is 10.1. The normalized spacial score (nSPS) is 13.6. The Labute approximate surface area is 583 Å². The fraction of sp³-hybridized carbons (Fsp3) is 0.406. The number of hydrogen-bond acceptors (Lipinski definition) is 24. The fourth-order valence-electron chi connectivity index (χ4n) is 11.4. The van der Waals surface area contributed by atoms with Gasteiger partial charge in [0.1, 0.15) is 36.6 Å². The lowest BCUT2D eigenvalue weighted by Gasteiger charge is -2.34. The van der Waals surface area contributed by atoms with Gasteiger partial charge in [-0.25, -0.2) is 34.4 Å². The molecule has 2 saturated heterocycles. The summed E-state index contributed by atoms with van der Waals surface area (Å²) in [7, 11) is 1.81. The molecule has 538 valence electrons. The molecule has 1 atom stereocenters. The maximum atomic E-state index is 13.5. The number of fused-ring (bicyclic) bond motifs is 2. The van der Waals surface area contributed by atoms with Gasteiger partial charge >= 0.3 is 12.6 Å². The van der Waals surface area contributed by atoms with Crippen LogP contribution in [-0.2, 0) is 75.5 Å². The quantitative estimate of drug-likeness (QED) is 0.0370. The van der Waals surface area contributed by atoms with Crippen molar-refractivity contribution in [1.82, 2.24) is 64.7 Å². The van der Waals surface area contributed by atoms with Crippen molar-refractivity contribution in [2.75, 3.05) is 139 Å². The molecule has 2 aliphatic rings. The van der Waals surface area contributed by atoms with E-state index in [4.69, 9.17) is 58.6 Å². The number of amides is 3. The number of carboxylic acids is 1. The molecule has 11 rings (SSSR count). The lowest BCUT2D eigenvalue weighted by molar-refractivity contribution is -0.139. The Bertz CT molecular complexity index is 4330. The number of aromatic amines is 1. The first-order valence-electron chi connectivity index (χ1n) is 33.3. The number of nitrogens with zero attached hydrogens (tertiary/aromatic N) is 14. The van der Waals surface area contributed by atoms with Crippen LogP contribution < -0.4 is 40.8 Å². The summed E-state index contributed by atoms with van der Waals surface area (Å²) in [6, 6.07) is 25.2. The van der Waals surface area contributed by atoms with Crippen LogP contribution >= 0.6 is 0 Å². The number of carboxylic acid groups (broad SMARTS) is 1. The van der Waals surface area contributed by atoms with Crippen LogP contribution in [0.1, 0.15) is 52.4 Å². The molecule has 0 radical (unpaired) electrons. The molecule has 31 nitrogen and oxygen atoms in total. The van der Waals surface area contributed by atoms with Crippen LogP contribution in [0.2, 0.25) is 0 Å². The van der Waals surface area contributed by atoms with E-state index in [9.17, 15) is 37.9 Å². The van der Waals surface area contributed by atoms with Crippen LogP contribution in [0.5, 0.6) is 11.5 Å². The first-order valence-corrected chi connectivity index (χ1v) is 33.3. The number of nitrogens with two attached hydrogens (primary N) is 1. The third-order valence-corrected chi connectivity index (χ3v) is 16.7. The lowest BCUT2D eigenvalue weighted by Crippen LogP contribution is -2.50. The molecule has 0 unspecified atom stereocenters. The number of anilines is 4. The number of H-pyrrole nitrogens is 1. The van der Waals surface area contributed by atoms with Gasteiger partial charge in [0.05, 0.1) is 121 Å². The van der Waals surface area contributed by atoms with E-state index >= 15 is 0 Å². The summed E-state index contributed by atoms with van der Waals surface area (Å²) in [5.41, 5.74) is 11.6. The van der Waals surface area contributed by atoms with Gasteiger partial charge in [-0.3, -0.25) is 24.2 Å². The number of halogens is 2. The van der Waals surface area contributed by atoms with Gasteiger partial charge in [-0.05, 0) is 79.4 Å². The molecule has 2 fully saturated rings. The summed E-state index contributed by atoms with van der Waals surface area (Å²) in [6.45, 7) is 4.33. The molecule has 33 heteroatoms. The molecule has 0 bridgehead atoms. The largest absolute Gasteiger partial charge is 0.486 e. The van der Waals surface area contributed by atoms with E-state index in [1.807, 2.05) is 56.8 Å². The number of aliphatic carboxylic acids is 1. The van der Waals surface area contributed by atoms with E-state index in [-0.39, 0.29) is 79.4 Å². The smallest absolute Gasteiger partial charge is 0.387 e. The molecule has 0 aliphatic carbocycles. The molecule has 0 saturated carbocycles. The second-order valence-electron chi connectivity index (χ2n) is 23.8. The summed E-state index contributed by atoms with van der Waals surface area (Å²) in [5, 5.41) is 20.7. The van der Waals surface area contributed by atoms with Crippen LogP contribution in [0.3, 0.4) is 0 Å². The Morgan fingerprint density at radius 1 is 0.745 bits per heavy atom. The topological polar surface area (TPSA) is 359 Å². The number of imidazole rings is 1. The Kier molecular flexibility index (Phi) is 25.6. The van der Waals surface area contributed by atoms with Crippen LogP contribution in [0.25, 0.3) is 33.3 Å². The number of hydrogen-bond donors (Lipinski definition) is 4. The number of aromatic nitrogens is 11. The number of aryl methyl sites for hydroxylation is 1. The molecule has 0 spiro atoms. The highest BCUT2D eigenvalue weighted by Gasteiger charge is 2.26. The van der Waals surface area contributed by atoms with Crippen molar-refractivity contribution in [2.45, 2.75) is 64.6 Å². The van der Waals surface area contributed by atoms with Gasteiger partial charge in [0, 0.05) is 98.9 Å². The molecule has 3 amide bonds. The highest BCUT2D eigenvalue weighted by molar-refractivity contribution is 5.97.